The van der Waals surface area contributed by atoms with E-state index in [2.05, 4.69) is 42.2 Å². The predicted octanol–water partition coefficient (Wildman–Crippen LogP) is 3.96. The minimum Gasteiger partial charge on any atom is -0.301 e. The largest absolute Gasteiger partial charge is 0.301 e. The Labute approximate surface area is 115 Å². The normalized spacial score (nSPS) is 12.9. The van der Waals surface area contributed by atoms with E-state index in [0.717, 1.165) is 26.1 Å². The van der Waals surface area contributed by atoms with Gasteiger partial charge in [0, 0.05) is 24.8 Å². The molecule has 1 atom stereocenters. The van der Waals surface area contributed by atoms with E-state index in [9.17, 15) is 0 Å². The summed E-state index contributed by atoms with van der Waals surface area (Å²) < 4.78 is 0. The predicted molar refractivity (Wildman–Crippen MR) is 77.4 cm³/mol. The first-order chi connectivity index (χ1) is 8.27. The Hall–Kier alpha value is -0.240. The van der Waals surface area contributed by atoms with Crippen LogP contribution in [0.4, 0.5) is 0 Å². The van der Waals surface area contributed by atoms with Gasteiger partial charge in [0.1, 0.15) is 0 Å². The standard InChI is InChI=1S/C14H21Cl2N/c1-13(14-5-3-2-4-6-14)7-10-17(11-8-15)12-9-16/h2-6,13H,7-12H2,1H3/t13-/m1/s1. The Morgan fingerprint density at radius 1 is 1.00 bits per heavy atom. The molecule has 0 aliphatic heterocycles. The molecule has 0 aliphatic carbocycles. The lowest BCUT2D eigenvalue weighted by Crippen LogP contribution is -2.29. The van der Waals surface area contributed by atoms with Crippen LogP contribution in [0.2, 0.25) is 0 Å². The number of alkyl halides is 2. The van der Waals surface area contributed by atoms with E-state index in [-0.39, 0.29) is 0 Å². The van der Waals surface area contributed by atoms with Crippen LogP contribution in [-0.4, -0.2) is 36.3 Å². The van der Waals surface area contributed by atoms with Crippen LogP contribution in [0.15, 0.2) is 30.3 Å². The summed E-state index contributed by atoms with van der Waals surface area (Å²) in [6, 6.07) is 10.6. The summed E-state index contributed by atoms with van der Waals surface area (Å²) in [5.74, 6) is 1.94. The van der Waals surface area contributed by atoms with Crippen LogP contribution in [0.1, 0.15) is 24.8 Å². The first kappa shape index (κ1) is 14.8. The van der Waals surface area contributed by atoms with Crippen LogP contribution >= 0.6 is 23.2 Å². The van der Waals surface area contributed by atoms with E-state index in [0.29, 0.717) is 17.7 Å². The van der Waals surface area contributed by atoms with Crippen LogP contribution < -0.4 is 0 Å². The summed E-state index contributed by atoms with van der Waals surface area (Å²) >= 11 is 11.6. The highest BCUT2D eigenvalue weighted by Crippen LogP contribution is 2.18. The van der Waals surface area contributed by atoms with Crippen LogP contribution in [0, 0.1) is 0 Å². The van der Waals surface area contributed by atoms with Crippen LogP contribution in [0.5, 0.6) is 0 Å². The van der Waals surface area contributed by atoms with Crippen molar-refractivity contribution in [3.63, 3.8) is 0 Å². The van der Waals surface area contributed by atoms with Crippen LogP contribution in [-0.2, 0) is 0 Å². The third-order valence-electron chi connectivity index (χ3n) is 3.05. The van der Waals surface area contributed by atoms with Gasteiger partial charge in [-0.15, -0.1) is 23.2 Å². The molecule has 1 aromatic carbocycles. The quantitative estimate of drug-likeness (QED) is 0.648. The van der Waals surface area contributed by atoms with E-state index < -0.39 is 0 Å². The highest BCUT2D eigenvalue weighted by molar-refractivity contribution is 6.18. The fourth-order valence-corrected chi connectivity index (χ4v) is 2.38. The molecule has 1 rings (SSSR count). The Balaban J connectivity index is 2.38. The van der Waals surface area contributed by atoms with Crippen LogP contribution in [0.25, 0.3) is 0 Å². The molecule has 0 amide bonds. The lowest BCUT2D eigenvalue weighted by atomic mass is 9.98. The molecule has 1 aromatic rings. The Morgan fingerprint density at radius 3 is 2.12 bits per heavy atom. The van der Waals surface area contributed by atoms with Gasteiger partial charge < -0.3 is 4.90 Å². The number of hydrogen-bond donors (Lipinski definition) is 0. The van der Waals surface area contributed by atoms with Gasteiger partial charge in [-0.1, -0.05) is 37.3 Å². The van der Waals surface area contributed by atoms with E-state index in [1.54, 1.807) is 0 Å². The number of benzene rings is 1. The molecule has 0 aromatic heterocycles. The van der Waals surface area contributed by atoms with Gasteiger partial charge in [-0.2, -0.15) is 0 Å². The summed E-state index contributed by atoms with van der Waals surface area (Å²) in [6.45, 7) is 5.19. The second kappa shape index (κ2) is 8.79. The average Bonchev–Trinajstić information content (AvgIpc) is 2.37. The summed E-state index contributed by atoms with van der Waals surface area (Å²) in [6.07, 6.45) is 1.15. The molecule has 0 saturated heterocycles. The monoisotopic (exact) mass is 273 g/mol. The van der Waals surface area contributed by atoms with E-state index in [1.807, 2.05) is 0 Å². The number of hydrogen-bond acceptors (Lipinski definition) is 1. The first-order valence-electron chi connectivity index (χ1n) is 6.17. The molecule has 17 heavy (non-hydrogen) atoms. The second-order valence-electron chi connectivity index (χ2n) is 4.32. The van der Waals surface area contributed by atoms with Gasteiger partial charge >= 0.3 is 0 Å². The molecular formula is C14H21Cl2N. The van der Waals surface area contributed by atoms with Crippen molar-refractivity contribution in [2.45, 2.75) is 19.3 Å². The van der Waals surface area contributed by atoms with E-state index >= 15 is 0 Å². The molecule has 0 aliphatic rings. The van der Waals surface area contributed by atoms with Crippen molar-refractivity contribution in [3.05, 3.63) is 35.9 Å². The molecule has 0 fully saturated rings. The van der Waals surface area contributed by atoms with Gasteiger partial charge in [-0.3, -0.25) is 0 Å². The smallest absolute Gasteiger partial charge is 0.0351 e. The minimum atomic E-state index is 0.587. The molecule has 0 bridgehead atoms. The van der Waals surface area contributed by atoms with Crippen LogP contribution in [0.3, 0.4) is 0 Å². The molecular weight excluding hydrogens is 253 g/mol. The van der Waals surface area contributed by atoms with Crippen molar-refractivity contribution in [1.29, 1.82) is 0 Å². The minimum absolute atomic E-state index is 0.587. The van der Waals surface area contributed by atoms with Gasteiger partial charge in [-0.25, -0.2) is 0 Å². The summed E-state index contributed by atoms with van der Waals surface area (Å²) in [7, 11) is 0. The number of rotatable bonds is 8. The summed E-state index contributed by atoms with van der Waals surface area (Å²) in [5.41, 5.74) is 1.41. The fraction of sp³-hybridized carbons (Fsp3) is 0.571. The zero-order valence-electron chi connectivity index (χ0n) is 10.4. The Kier molecular flexibility index (Phi) is 7.67. The average molecular weight is 274 g/mol. The molecule has 0 saturated carbocycles. The highest BCUT2D eigenvalue weighted by Gasteiger charge is 2.08. The molecule has 0 spiro atoms. The lowest BCUT2D eigenvalue weighted by molar-refractivity contribution is 0.295. The molecule has 0 heterocycles. The highest BCUT2D eigenvalue weighted by atomic mass is 35.5. The molecule has 1 nitrogen and oxygen atoms in total. The van der Waals surface area contributed by atoms with Crippen molar-refractivity contribution < 1.29 is 0 Å². The van der Waals surface area contributed by atoms with Crippen molar-refractivity contribution in [2.24, 2.45) is 0 Å². The zero-order chi connectivity index (χ0) is 12.5. The third-order valence-corrected chi connectivity index (χ3v) is 3.39. The number of halogens is 2. The zero-order valence-corrected chi connectivity index (χ0v) is 11.9. The van der Waals surface area contributed by atoms with Gasteiger partial charge in [0.05, 0.1) is 0 Å². The first-order valence-corrected chi connectivity index (χ1v) is 7.24. The lowest BCUT2D eigenvalue weighted by Gasteiger charge is -2.22. The van der Waals surface area contributed by atoms with Gasteiger partial charge in [0.2, 0.25) is 0 Å². The maximum absolute atomic E-state index is 5.78. The topological polar surface area (TPSA) is 3.24 Å². The van der Waals surface area contributed by atoms with Crippen molar-refractivity contribution in [1.82, 2.24) is 4.90 Å². The molecule has 3 heteroatoms. The molecule has 0 N–H and O–H groups in total. The van der Waals surface area contributed by atoms with E-state index in [1.165, 1.54) is 5.56 Å². The van der Waals surface area contributed by atoms with E-state index in [4.69, 9.17) is 23.2 Å². The van der Waals surface area contributed by atoms with Crippen molar-refractivity contribution >= 4 is 23.2 Å². The maximum Gasteiger partial charge on any atom is 0.0351 e. The SMILES string of the molecule is C[C@H](CCN(CCCl)CCCl)c1ccccc1. The molecule has 0 unspecified atom stereocenters. The van der Waals surface area contributed by atoms with Crippen molar-refractivity contribution in [3.8, 4) is 0 Å². The molecule has 96 valence electrons. The fourth-order valence-electron chi connectivity index (χ4n) is 1.90. The van der Waals surface area contributed by atoms with Crippen molar-refractivity contribution in [2.75, 3.05) is 31.4 Å². The Morgan fingerprint density at radius 2 is 1.59 bits per heavy atom. The maximum atomic E-state index is 5.78. The van der Waals surface area contributed by atoms with Gasteiger partial charge in [0.25, 0.3) is 0 Å². The summed E-state index contributed by atoms with van der Waals surface area (Å²) in [4.78, 5) is 2.33. The van der Waals surface area contributed by atoms with Gasteiger partial charge in [0.15, 0.2) is 0 Å². The number of nitrogens with zero attached hydrogens (tertiary/aromatic N) is 1. The third kappa shape index (κ3) is 5.76. The second-order valence-corrected chi connectivity index (χ2v) is 5.08. The summed E-state index contributed by atoms with van der Waals surface area (Å²) in [5, 5.41) is 0. The Bertz CT molecular complexity index is 284. The molecule has 0 radical (unpaired) electrons. The van der Waals surface area contributed by atoms with Gasteiger partial charge in [-0.05, 0) is 24.4 Å².